The highest BCUT2D eigenvalue weighted by molar-refractivity contribution is 6.09. The smallest absolute Gasteiger partial charge is 0.407 e. The lowest BCUT2D eigenvalue weighted by Crippen LogP contribution is -2.48. The van der Waals surface area contributed by atoms with Crippen molar-refractivity contribution < 1.29 is 33.4 Å². The van der Waals surface area contributed by atoms with Gasteiger partial charge in [-0.05, 0) is 81.2 Å². The van der Waals surface area contributed by atoms with Gasteiger partial charge in [0.15, 0.2) is 5.78 Å². The Labute approximate surface area is 317 Å². The van der Waals surface area contributed by atoms with Crippen LogP contribution in [0.15, 0.2) is 109 Å². The molecule has 1 fully saturated rings. The van der Waals surface area contributed by atoms with Gasteiger partial charge in [-0.1, -0.05) is 97.1 Å². The van der Waals surface area contributed by atoms with Gasteiger partial charge in [0.2, 0.25) is 11.8 Å². The van der Waals surface area contributed by atoms with Gasteiger partial charge in [0.05, 0.1) is 6.42 Å². The number of carbonyl (C=O) groups excluding carboxylic acids is 5. The summed E-state index contributed by atoms with van der Waals surface area (Å²) < 4.78 is 10.7. The number of nitrogens with one attached hydrogen (secondary N) is 3. The maximum absolute atomic E-state index is 13.8. The number of carbonyl (C=O) groups is 5. The van der Waals surface area contributed by atoms with Gasteiger partial charge in [0.25, 0.3) is 0 Å². The van der Waals surface area contributed by atoms with Crippen LogP contribution in [0.2, 0.25) is 0 Å². The Balaban J connectivity index is 1.20. The Morgan fingerprint density at radius 2 is 1.30 bits per heavy atom. The number of anilines is 1. The lowest BCUT2D eigenvalue weighted by Gasteiger charge is -2.29. The van der Waals surface area contributed by atoms with Gasteiger partial charge in [-0.3, -0.25) is 19.2 Å². The zero-order valence-corrected chi connectivity index (χ0v) is 31.1. The Bertz CT molecular complexity index is 1860. The number of rotatable bonds is 14. The van der Waals surface area contributed by atoms with Crippen molar-refractivity contribution >= 4 is 35.3 Å². The van der Waals surface area contributed by atoms with E-state index in [0.717, 1.165) is 29.5 Å². The summed E-state index contributed by atoms with van der Waals surface area (Å²) in [6.45, 7) is 6.12. The van der Waals surface area contributed by atoms with Crippen LogP contribution in [0.1, 0.15) is 79.1 Å². The first-order valence-electron chi connectivity index (χ1n) is 18.5. The van der Waals surface area contributed by atoms with Gasteiger partial charge in [-0.15, -0.1) is 0 Å². The summed E-state index contributed by atoms with van der Waals surface area (Å²) in [6.07, 6.45) is 2.62. The van der Waals surface area contributed by atoms with Crippen molar-refractivity contribution in [2.45, 2.75) is 77.5 Å². The number of esters is 1. The summed E-state index contributed by atoms with van der Waals surface area (Å²) in [5.41, 5.74) is 3.47. The molecule has 0 aliphatic heterocycles. The summed E-state index contributed by atoms with van der Waals surface area (Å²) in [5, 5.41) is 8.77. The van der Waals surface area contributed by atoms with E-state index in [4.69, 9.17) is 9.47 Å². The van der Waals surface area contributed by atoms with E-state index in [1.54, 1.807) is 60.7 Å². The summed E-state index contributed by atoms with van der Waals surface area (Å²) in [7, 11) is 0. The lowest BCUT2D eigenvalue weighted by molar-refractivity contribution is -0.144. The maximum atomic E-state index is 13.8. The van der Waals surface area contributed by atoms with Gasteiger partial charge >= 0.3 is 12.1 Å². The van der Waals surface area contributed by atoms with Crippen molar-refractivity contribution in [1.82, 2.24) is 10.6 Å². The molecular weight excluding hydrogens is 682 g/mol. The number of amides is 3. The Hall–Kier alpha value is -5.77. The van der Waals surface area contributed by atoms with E-state index in [0.29, 0.717) is 36.2 Å². The molecule has 4 aromatic rings. The number of alkyl carbamates (subject to hydrolysis) is 1. The molecule has 4 aromatic carbocycles. The zero-order chi connectivity index (χ0) is 38.5. The van der Waals surface area contributed by atoms with Gasteiger partial charge < -0.3 is 25.4 Å². The standard InChI is InChI=1S/C44H49N3O7/c1-44(2,3)54-43(52)45-28-32-16-22-36(23-17-32)41(50)47-38(26-30-14-20-35(21-15-30)40(49)34-12-8-5-9-13-34)42(51)46-37-24-18-31(19-25-37)27-39(48)53-29-33-10-6-4-7-11-33/h4-15,18-21,24-25,32,36,38H,16-17,22-23,26-29H2,1-3H3,(H,45,52)(H,46,51)(H,47,50)/t32?,36?,38-/m0/s1. The molecule has 10 heteroatoms. The number of hydrogen-bond acceptors (Lipinski definition) is 7. The molecule has 3 amide bonds. The fourth-order valence-electron chi connectivity index (χ4n) is 6.34. The summed E-state index contributed by atoms with van der Waals surface area (Å²) >= 11 is 0. The van der Waals surface area contributed by atoms with E-state index in [1.165, 1.54) is 0 Å². The van der Waals surface area contributed by atoms with Crippen LogP contribution in [0.25, 0.3) is 0 Å². The molecule has 0 radical (unpaired) electrons. The van der Waals surface area contributed by atoms with Gasteiger partial charge in [0.1, 0.15) is 18.2 Å². The van der Waals surface area contributed by atoms with E-state index in [-0.39, 0.29) is 48.9 Å². The molecule has 0 saturated heterocycles. The maximum Gasteiger partial charge on any atom is 0.407 e. The normalized spacial score (nSPS) is 16.0. The summed E-state index contributed by atoms with van der Waals surface area (Å²) in [6, 6.07) is 31.6. The van der Waals surface area contributed by atoms with E-state index in [2.05, 4.69) is 16.0 Å². The molecule has 1 aliphatic carbocycles. The minimum Gasteiger partial charge on any atom is -0.461 e. The second-order valence-corrected chi connectivity index (χ2v) is 14.8. The van der Waals surface area contributed by atoms with Crippen molar-refractivity contribution in [3.8, 4) is 0 Å². The molecule has 0 aromatic heterocycles. The quantitative estimate of drug-likeness (QED) is 0.0921. The van der Waals surface area contributed by atoms with E-state index in [9.17, 15) is 24.0 Å². The molecule has 0 unspecified atom stereocenters. The molecule has 1 aliphatic rings. The van der Waals surface area contributed by atoms with E-state index >= 15 is 0 Å². The monoisotopic (exact) mass is 731 g/mol. The van der Waals surface area contributed by atoms with Crippen LogP contribution in [0, 0.1) is 11.8 Å². The second-order valence-electron chi connectivity index (χ2n) is 14.8. The van der Waals surface area contributed by atoms with Crippen LogP contribution >= 0.6 is 0 Å². The highest BCUT2D eigenvalue weighted by Gasteiger charge is 2.30. The summed E-state index contributed by atoms with van der Waals surface area (Å²) in [4.78, 5) is 64.9. The number of ether oxygens (including phenoxy) is 2. The first kappa shape index (κ1) is 39.4. The first-order valence-corrected chi connectivity index (χ1v) is 18.5. The fourth-order valence-corrected chi connectivity index (χ4v) is 6.34. The number of benzene rings is 4. The van der Waals surface area contributed by atoms with Crippen LogP contribution < -0.4 is 16.0 Å². The molecule has 1 saturated carbocycles. The molecule has 0 spiro atoms. The predicted molar refractivity (Wildman–Crippen MR) is 207 cm³/mol. The minimum absolute atomic E-state index is 0.0851. The van der Waals surface area contributed by atoms with Crippen molar-refractivity contribution in [2.75, 3.05) is 11.9 Å². The fraction of sp³-hybridized carbons (Fsp3) is 0.341. The molecule has 5 rings (SSSR count). The Kier molecular flexibility index (Phi) is 13.7. The molecule has 0 bridgehead atoms. The average molecular weight is 732 g/mol. The van der Waals surface area contributed by atoms with Crippen LogP contribution in [0.5, 0.6) is 0 Å². The van der Waals surface area contributed by atoms with Gasteiger partial charge in [-0.2, -0.15) is 0 Å². The zero-order valence-electron chi connectivity index (χ0n) is 31.1. The van der Waals surface area contributed by atoms with Crippen molar-refractivity contribution in [1.29, 1.82) is 0 Å². The molecule has 1 atom stereocenters. The minimum atomic E-state index is -0.896. The van der Waals surface area contributed by atoms with E-state index < -0.39 is 23.6 Å². The number of ketones is 1. The Morgan fingerprint density at radius 1 is 0.704 bits per heavy atom. The van der Waals surface area contributed by atoms with Crippen LogP contribution in [0.4, 0.5) is 10.5 Å². The molecule has 0 heterocycles. The summed E-state index contributed by atoms with van der Waals surface area (Å²) in [5.74, 6) is -1.10. The third-order valence-electron chi connectivity index (χ3n) is 9.29. The number of hydrogen-bond donors (Lipinski definition) is 3. The molecule has 54 heavy (non-hydrogen) atoms. The third kappa shape index (κ3) is 12.4. The molecule has 282 valence electrons. The highest BCUT2D eigenvalue weighted by Crippen LogP contribution is 2.29. The predicted octanol–water partition coefficient (Wildman–Crippen LogP) is 7.20. The van der Waals surface area contributed by atoms with Crippen LogP contribution in [-0.2, 0) is 43.3 Å². The van der Waals surface area contributed by atoms with Crippen LogP contribution in [-0.4, -0.2) is 47.8 Å². The van der Waals surface area contributed by atoms with Crippen molar-refractivity contribution in [3.63, 3.8) is 0 Å². The molecular formula is C44H49N3O7. The second kappa shape index (κ2) is 18.8. The van der Waals surface area contributed by atoms with Gasteiger partial charge in [0, 0.05) is 35.7 Å². The molecule has 10 nitrogen and oxygen atoms in total. The van der Waals surface area contributed by atoms with Crippen LogP contribution in [0.3, 0.4) is 0 Å². The van der Waals surface area contributed by atoms with Crippen molar-refractivity contribution in [3.05, 3.63) is 137 Å². The lowest BCUT2D eigenvalue weighted by atomic mass is 9.81. The SMILES string of the molecule is CC(C)(C)OC(=O)NCC1CCC(C(=O)N[C@@H](Cc2ccc(C(=O)c3ccccc3)cc2)C(=O)Nc2ccc(CC(=O)OCc3ccccc3)cc2)CC1. The third-order valence-corrected chi connectivity index (χ3v) is 9.29. The topological polar surface area (TPSA) is 140 Å². The average Bonchev–Trinajstić information content (AvgIpc) is 3.17. The Morgan fingerprint density at radius 3 is 1.93 bits per heavy atom. The largest absolute Gasteiger partial charge is 0.461 e. The van der Waals surface area contributed by atoms with Gasteiger partial charge in [-0.25, -0.2) is 4.79 Å². The highest BCUT2D eigenvalue weighted by atomic mass is 16.6. The van der Waals surface area contributed by atoms with Crippen molar-refractivity contribution in [2.24, 2.45) is 11.8 Å². The van der Waals surface area contributed by atoms with E-state index in [1.807, 2.05) is 69.3 Å². The first-order chi connectivity index (χ1) is 25.9. The molecule has 3 N–H and O–H groups in total.